The van der Waals surface area contributed by atoms with Gasteiger partial charge in [-0.1, -0.05) is 62.6 Å². The van der Waals surface area contributed by atoms with E-state index in [-0.39, 0.29) is 30.4 Å². The molecule has 0 bridgehead atoms. The van der Waals surface area contributed by atoms with E-state index in [4.69, 9.17) is 23.7 Å². The van der Waals surface area contributed by atoms with Crippen molar-refractivity contribution in [3.8, 4) is 0 Å². The second-order valence-corrected chi connectivity index (χ2v) is 8.13. The average molecular weight is 514 g/mol. The molecule has 1 fully saturated rings. The summed E-state index contributed by atoms with van der Waals surface area (Å²) in [5, 5.41) is 0. The van der Waals surface area contributed by atoms with Gasteiger partial charge in [0.25, 0.3) is 0 Å². The first-order chi connectivity index (χ1) is 13.6. The van der Waals surface area contributed by atoms with E-state index in [9.17, 15) is 4.79 Å². The predicted molar refractivity (Wildman–Crippen MR) is 118 cm³/mol. The van der Waals surface area contributed by atoms with Crippen molar-refractivity contribution in [2.75, 3.05) is 30.9 Å². The maximum absolute atomic E-state index is 11.9. The summed E-state index contributed by atoms with van der Waals surface area (Å²) in [6, 6.07) is 0. The zero-order chi connectivity index (χ0) is 20.8. The van der Waals surface area contributed by atoms with Crippen LogP contribution < -0.4 is 0 Å². The van der Waals surface area contributed by atoms with Crippen LogP contribution in [0.4, 0.5) is 0 Å². The molecule has 2 unspecified atom stereocenters. The minimum atomic E-state index is -0.487. The van der Waals surface area contributed by atoms with Crippen molar-refractivity contribution in [2.45, 2.75) is 96.7 Å². The Balaban J connectivity index is 2.96. The van der Waals surface area contributed by atoms with Crippen LogP contribution in [0.5, 0.6) is 0 Å². The predicted octanol–water partition coefficient (Wildman–Crippen LogP) is 4.31. The molecule has 0 amide bonds. The molecule has 0 aromatic heterocycles. The number of halogens is 1. The smallest absolute Gasteiger partial charge is 0.303 e. The van der Waals surface area contributed by atoms with Gasteiger partial charge in [0.2, 0.25) is 0 Å². The van der Waals surface area contributed by atoms with Gasteiger partial charge in [0.1, 0.15) is 18.3 Å². The molecule has 7 heteroatoms. The Hall–Kier alpha value is 0.0400. The van der Waals surface area contributed by atoms with Crippen LogP contribution in [0.3, 0.4) is 0 Å². The normalized spacial score (nSPS) is 27.7. The van der Waals surface area contributed by atoms with E-state index in [1.807, 2.05) is 0 Å². The summed E-state index contributed by atoms with van der Waals surface area (Å²) in [5.41, 5.74) is 0. The summed E-state index contributed by atoms with van der Waals surface area (Å²) in [4.78, 5) is 11.9. The number of carbonyl (C=O) groups is 1. The molecule has 1 heterocycles. The summed E-state index contributed by atoms with van der Waals surface area (Å²) < 4.78 is 31.0. The number of carbonyl (C=O) groups excluding carboxylic acids is 1. The van der Waals surface area contributed by atoms with Gasteiger partial charge in [-0.05, 0) is 19.3 Å². The quantitative estimate of drug-likeness (QED) is 0.141. The van der Waals surface area contributed by atoms with Crippen LogP contribution in [0.25, 0.3) is 0 Å². The summed E-state index contributed by atoms with van der Waals surface area (Å²) in [7, 11) is 0. The molecule has 0 aromatic carbocycles. The molecule has 0 saturated carbocycles. The molecule has 5 atom stereocenters. The van der Waals surface area contributed by atoms with E-state index >= 15 is 0 Å². The summed E-state index contributed by atoms with van der Waals surface area (Å²) in [6.45, 7) is 10.2. The molecule has 0 radical (unpaired) electrons. The van der Waals surface area contributed by atoms with E-state index in [0.717, 1.165) is 43.0 Å². The number of unbranched alkanes of at least 4 members (excludes halogenated alkanes) is 3. The van der Waals surface area contributed by atoms with E-state index in [1.165, 1.54) is 6.92 Å². The highest BCUT2D eigenvalue weighted by Crippen LogP contribution is 2.30. The Morgan fingerprint density at radius 2 is 1.39 bits per heavy atom. The topological polar surface area (TPSA) is 63.2 Å². The lowest BCUT2D eigenvalue weighted by atomic mass is 9.95. The van der Waals surface area contributed by atoms with Gasteiger partial charge in [0.15, 0.2) is 6.10 Å². The second-order valence-electron chi connectivity index (χ2n) is 7.25. The van der Waals surface area contributed by atoms with Crippen molar-refractivity contribution in [1.29, 1.82) is 0 Å². The lowest BCUT2D eigenvalue weighted by molar-refractivity contribution is -0.256. The molecule has 1 aliphatic rings. The molecule has 0 aliphatic carbocycles. The molecule has 1 rings (SSSR count). The molecule has 0 aromatic rings. The lowest BCUT2D eigenvalue weighted by Crippen LogP contribution is -2.62. The highest BCUT2D eigenvalue weighted by atomic mass is 127. The molecule has 0 spiro atoms. The van der Waals surface area contributed by atoms with Gasteiger partial charge in [-0.15, -0.1) is 0 Å². The summed E-state index contributed by atoms with van der Waals surface area (Å²) >= 11 is 2.30. The molecular weight excluding hydrogens is 475 g/mol. The van der Waals surface area contributed by atoms with Gasteiger partial charge in [-0.25, -0.2) is 0 Å². The van der Waals surface area contributed by atoms with Crippen LogP contribution in [0, 0.1) is 0 Å². The molecule has 28 heavy (non-hydrogen) atoms. The number of hydrogen-bond acceptors (Lipinski definition) is 6. The highest BCUT2D eigenvalue weighted by molar-refractivity contribution is 14.1. The Kier molecular flexibility index (Phi) is 14.7. The number of alkyl halides is 1. The largest absolute Gasteiger partial charge is 0.457 e. The Morgan fingerprint density at radius 1 is 0.857 bits per heavy atom. The molecular formula is C21H39IO6. The Labute approximate surface area is 184 Å². The van der Waals surface area contributed by atoms with Crippen molar-refractivity contribution in [3.05, 3.63) is 0 Å². The van der Waals surface area contributed by atoms with E-state index in [2.05, 4.69) is 43.4 Å². The number of ether oxygens (including phenoxy) is 5. The zero-order valence-electron chi connectivity index (χ0n) is 18.0. The third-order valence-corrected chi connectivity index (χ3v) is 5.59. The van der Waals surface area contributed by atoms with E-state index in [0.29, 0.717) is 26.4 Å². The minimum Gasteiger partial charge on any atom is -0.457 e. The van der Waals surface area contributed by atoms with Gasteiger partial charge in [-0.2, -0.15) is 0 Å². The Bertz CT molecular complexity index is 408. The SMILES string of the molecule is CCCCOCC1O[C@H](CI)[C@H](OCCCC)C(OC(C)=O)[C@@H]1OCCCC. The molecule has 0 N–H and O–H groups in total. The first-order valence-corrected chi connectivity index (χ1v) is 12.3. The third-order valence-electron chi connectivity index (χ3n) is 4.72. The third kappa shape index (κ3) is 9.24. The van der Waals surface area contributed by atoms with Gasteiger partial charge in [0, 0.05) is 31.2 Å². The van der Waals surface area contributed by atoms with Crippen molar-refractivity contribution in [1.82, 2.24) is 0 Å². The Morgan fingerprint density at radius 3 is 1.89 bits per heavy atom. The maximum atomic E-state index is 11.9. The van der Waals surface area contributed by atoms with Crippen LogP contribution >= 0.6 is 22.6 Å². The van der Waals surface area contributed by atoms with Crippen molar-refractivity contribution < 1.29 is 28.5 Å². The lowest BCUT2D eigenvalue weighted by Gasteiger charge is -2.45. The molecule has 1 saturated heterocycles. The average Bonchev–Trinajstić information content (AvgIpc) is 2.67. The van der Waals surface area contributed by atoms with Crippen LogP contribution in [0.15, 0.2) is 0 Å². The fraction of sp³-hybridized carbons (Fsp3) is 0.952. The fourth-order valence-electron chi connectivity index (χ4n) is 3.15. The van der Waals surface area contributed by atoms with Crippen molar-refractivity contribution in [2.24, 2.45) is 0 Å². The van der Waals surface area contributed by atoms with Gasteiger partial charge in [-0.3, -0.25) is 4.79 Å². The van der Waals surface area contributed by atoms with Crippen molar-refractivity contribution in [3.63, 3.8) is 0 Å². The van der Waals surface area contributed by atoms with Gasteiger partial charge in [0.05, 0.1) is 12.7 Å². The monoisotopic (exact) mass is 514 g/mol. The van der Waals surface area contributed by atoms with Crippen LogP contribution in [-0.2, 0) is 28.5 Å². The van der Waals surface area contributed by atoms with E-state index < -0.39 is 6.10 Å². The minimum absolute atomic E-state index is 0.160. The first kappa shape index (κ1) is 26.1. The van der Waals surface area contributed by atoms with Gasteiger partial charge >= 0.3 is 5.97 Å². The van der Waals surface area contributed by atoms with Gasteiger partial charge < -0.3 is 23.7 Å². The number of hydrogen-bond donors (Lipinski definition) is 0. The zero-order valence-corrected chi connectivity index (χ0v) is 20.1. The summed E-state index contributed by atoms with van der Waals surface area (Å²) in [6.07, 6.45) is 4.46. The van der Waals surface area contributed by atoms with Crippen LogP contribution in [0.1, 0.15) is 66.2 Å². The number of rotatable bonds is 15. The standard InChI is InChI=1S/C21H39IO6/c1-5-8-11-24-15-18-20(26-13-10-7-3)21(27-16(4)23)19(17(14-22)28-18)25-12-9-6-2/h17-21H,5-15H2,1-4H3/t17-,18?,19+,20-,21?/m1/s1. The van der Waals surface area contributed by atoms with Crippen molar-refractivity contribution >= 4 is 28.6 Å². The molecule has 166 valence electrons. The van der Waals surface area contributed by atoms with Crippen LogP contribution in [0.2, 0.25) is 0 Å². The highest BCUT2D eigenvalue weighted by Gasteiger charge is 2.48. The maximum Gasteiger partial charge on any atom is 0.303 e. The van der Waals surface area contributed by atoms with Crippen LogP contribution in [-0.4, -0.2) is 67.3 Å². The second kappa shape index (κ2) is 15.8. The van der Waals surface area contributed by atoms with E-state index in [1.54, 1.807) is 0 Å². The molecule has 1 aliphatic heterocycles. The first-order valence-electron chi connectivity index (χ1n) is 10.8. The summed E-state index contributed by atoms with van der Waals surface area (Å²) in [5.74, 6) is -0.321. The molecule has 6 nitrogen and oxygen atoms in total. The fourth-order valence-corrected chi connectivity index (χ4v) is 3.86. The number of esters is 1.